The second-order valence-corrected chi connectivity index (χ2v) is 5.54. The number of likely N-dealkylation sites (N-methyl/N-ethyl adjacent to an activating group) is 1. The van der Waals surface area contributed by atoms with Gasteiger partial charge in [0.05, 0.1) is 6.04 Å². The van der Waals surface area contributed by atoms with Crippen molar-refractivity contribution in [3.8, 4) is 0 Å². The van der Waals surface area contributed by atoms with E-state index >= 15 is 0 Å². The Hall–Kier alpha value is -1.84. The molecule has 2 N–H and O–H groups in total. The van der Waals surface area contributed by atoms with Gasteiger partial charge in [-0.05, 0) is 44.2 Å². The number of nitrogens with two attached hydrogens (primary N) is 1. The van der Waals surface area contributed by atoms with Crippen LogP contribution in [0, 0.1) is 0 Å². The summed E-state index contributed by atoms with van der Waals surface area (Å²) in [5, 5.41) is 0. The van der Waals surface area contributed by atoms with E-state index < -0.39 is 0 Å². The van der Waals surface area contributed by atoms with E-state index in [1.54, 1.807) is 6.08 Å². The number of hydrogen-bond donors (Lipinski definition) is 1. The van der Waals surface area contributed by atoms with Crippen molar-refractivity contribution in [1.82, 2.24) is 4.90 Å². The average Bonchev–Trinajstić information content (AvgIpc) is 2.60. The van der Waals surface area contributed by atoms with Crippen LogP contribution in [0.15, 0.2) is 66.5 Å². The van der Waals surface area contributed by atoms with Gasteiger partial charge in [-0.3, -0.25) is 0 Å². The first-order valence-electron chi connectivity index (χ1n) is 8.63. The molecule has 1 atom stereocenters. The molecule has 1 rings (SSSR count). The molecule has 0 saturated carbocycles. The van der Waals surface area contributed by atoms with Crippen LogP contribution in [0.4, 0.5) is 0 Å². The topological polar surface area (TPSA) is 38.5 Å². The van der Waals surface area contributed by atoms with Gasteiger partial charge in [0, 0.05) is 13.1 Å². The summed E-state index contributed by atoms with van der Waals surface area (Å²) >= 11 is 0. The molecule has 1 unspecified atom stereocenters. The van der Waals surface area contributed by atoms with Gasteiger partial charge >= 0.3 is 0 Å². The minimum atomic E-state index is -0.0268. The maximum Gasteiger partial charge on any atom is 0.115 e. The Morgan fingerprint density at radius 3 is 2.46 bits per heavy atom. The van der Waals surface area contributed by atoms with E-state index in [-0.39, 0.29) is 6.04 Å². The Morgan fingerprint density at radius 2 is 1.92 bits per heavy atom. The van der Waals surface area contributed by atoms with Crippen molar-refractivity contribution in [2.24, 2.45) is 5.73 Å². The molecule has 24 heavy (non-hydrogen) atoms. The van der Waals surface area contributed by atoms with Gasteiger partial charge in [-0.15, -0.1) is 0 Å². The van der Waals surface area contributed by atoms with E-state index in [9.17, 15) is 0 Å². The van der Waals surface area contributed by atoms with Gasteiger partial charge in [0.2, 0.25) is 0 Å². The lowest BCUT2D eigenvalue weighted by atomic mass is 10.2. The molecule has 0 heterocycles. The largest absolute Gasteiger partial charge is 0.492 e. The van der Waals surface area contributed by atoms with E-state index in [1.807, 2.05) is 45.9 Å². The van der Waals surface area contributed by atoms with Crippen LogP contribution >= 0.6 is 0 Å². The summed E-state index contributed by atoms with van der Waals surface area (Å²) in [6.07, 6.45) is 5.71. The number of rotatable bonds is 9. The fourth-order valence-electron chi connectivity index (χ4n) is 2.11. The van der Waals surface area contributed by atoms with Crippen LogP contribution in [0.2, 0.25) is 0 Å². The van der Waals surface area contributed by atoms with Gasteiger partial charge in [-0.1, -0.05) is 56.8 Å². The van der Waals surface area contributed by atoms with Crippen LogP contribution in [0.1, 0.15) is 33.3 Å². The monoisotopic (exact) mass is 330 g/mol. The molecule has 0 aliphatic heterocycles. The van der Waals surface area contributed by atoms with Crippen LogP contribution in [0.5, 0.6) is 0 Å². The first kappa shape index (κ1) is 22.2. The predicted molar refractivity (Wildman–Crippen MR) is 106 cm³/mol. The Balaban J connectivity index is 0.00000254. The van der Waals surface area contributed by atoms with Gasteiger partial charge in [-0.25, -0.2) is 0 Å². The lowest BCUT2D eigenvalue weighted by Crippen LogP contribution is -2.38. The summed E-state index contributed by atoms with van der Waals surface area (Å²) in [6, 6.07) is 10.4. The summed E-state index contributed by atoms with van der Waals surface area (Å²) in [5.41, 5.74) is 8.52. The first-order valence-corrected chi connectivity index (χ1v) is 8.63. The quantitative estimate of drug-likeness (QED) is 0.534. The van der Waals surface area contributed by atoms with E-state index in [2.05, 4.69) is 42.8 Å². The summed E-state index contributed by atoms with van der Waals surface area (Å²) < 4.78 is 5.76. The lowest BCUT2D eigenvalue weighted by Gasteiger charge is -2.21. The molecule has 0 saturated heterocycles. The van der Waals surface area contributed by atoms with Crippen LogP contribution in [0.25, 0.3) is 0 Å². The highest BCUT2D eigenvalue weighted by molar-refractivity contribution is 5.23. The molecule has 0 aliphatic carbocycles. The van der Waals surface area contributed by atoms with Crippen molar-refractivity contribution < 1.29 is 4.74 Å². The first-order chi connectivity index (χ1) is 11.5. The minimum absolute atomic E-state index is 0.0268. The second-order valence-electron chi connectivity index (χ2n) is 5.54. The SMILES string of the molecule is C=C/C(C)=C\C(=C/C)OCC(N)CN(C)Cc1ccccc1.CC. The van der Waals surface area contributed by atoms with Crippen molar-refractivity contribution in [1.29, 1.82) is 0 Å². The zero-order valence-corrected chi connectivity index (χ0v) is 16.0. The van der Waals surface area contributed by atoms with E-state index in [1.165, 1.54) is 5.56 Å². The van der Waals surface area contributed by atoms with E-state index in [0.29, 0.717) is 6.61 Å². The summed E-state index contributed by atoms with van der Waals surface area (Å²) in [7, 11) is 2.07. The molecule has 3 heteroatoms. The number of benzene rings is 1. The zero-order chi connectivity index (χ0) is 18.4. The van der Waals surface area contributed by atoms with Crippen LogP contribution in [-0.4, -0.2) is 31.1 Å². The molecule has 0 aliphatic rings. The number of nitrogens with zero attached hydrogens (tertiary/aromatic N) is 1. The Morgan fingerprint density at radius 1 is 1.29 bits per heavy atom. The van der Waals surface area contributed by atoms with Gasteiger partial charge in [0.15, 0.2) is 0 Å². The third-order valence-corrected chi connectivity index (χ3v) is 3.28. The van der Waals surface area contributed by atoms with Crippen molar-refractivity contribution in [3.05, 3.63) is 72.0 Å². The molecule has 134 valence electrons. The Labute approximate surface area is 148 Å². The fourth-order valence-corrected chi connectivity index (χ4v) is 2.11. The maximum absolute atomic E-state index is 6.16. The zero-order valence-electron chi connectivity index (χ0n) is 16.0. The molecule has 0 amide bonds. The molecular formula is C21H34N2O. The average molecular weight is 331 g/mol. The van der Waals surface area contributed by atoms with Gasteiger partial charge in [-0.2, -0.15) is 0 Å². The van der Waals surface area contributed by atoms with Crippen molar-refractivity contribution >= 4 is 0 Å². The molecule has 0 bridgehead atoms. The van der Waals surface area contributed by atoms with Gasteiger partial charge in [0.25, 0.3) is 0 Å². The van der Waals surface area contributed by atoms with Gasteiger partial charge < -0.3 is 15.4 Å². The molecule has 0 radical (unpaired) electrons. The minimum Gasteiger partial charge on any atom is -0.492 e. The highest BCUT2D eigenvalue weighted by atomic mass is 16.5. The lowest BCUT2D eigenvalue weighted by molar-refractivity contribution is 0.178. The third-order valence-electron chi connectivity index (χ3n) is 3.28. The van der Waals surface area contributed by atoms with Crippen molar-refractivity contribution in [3.63, 3.8) is 0 Å². The van der Waals surface area contributed by atoms with Gasteiger partial charge in [0.1, 0.15) is 12.4 Å². The molecule has 1 aromatic rings. The van der Waals surface area contributed by atoms with Crippen LogP contribution in [0.3, 0.4) is 0 Å². The standard InChI is InChI=1S/C19H28N2O.C2H6/c1-5-16(3)12-19(6-2)22-15-18(20)14-21(4)13-17-10-8-7-9-11-17;1-2/h5-12,18H,1,13-15,20H2,2-4H3;1-2H3/b16-12-,19-6+;. The molecule has 3 nitrogen and oxygen atoms in total. The Bertz CT molecular complexity index is 506. The second kappa shape index (κ2) is 13.6. The van der Waals surface area contributed by atoms with E-state index in [0.717, 1.165) is 24.4 Å². The fraction of sp³-hybridized carbons (Fsp3) is 0.429. The van der Waals surface area contributed by atoms with Crippen molar-refractivity contribution in [2.45, 2.75) is 40.3 Å². The molecule has 1 aromatic carbocycles. The van der Waals surface area contributed by atoms with Crippen LogP contribution in [-0.2, 0) is 11.3 Å². The summed E-state index contributed by atoms with van der Waals surface area (Å²) in [4.78, 5) is 2.21. The normalized spacial score (nSPS) is 13.1. The van der Waals surface area contributed by atoms with Crippen LogP contribution < -0.4 is 5.73 Å². The number of allylic oxidation sites excluding steroid dienone is 4. The predicted octanol–water partition coefficient (Wildman–Crippen LogP) is 4.52. The summed E-state index contributed by atoms with van der Waals surface area (Å²) in [6.45, 7) is 13.9. The molecule has 0 spiro atoms. The Kier molecular flexibility index (Phi) is 12.5. The number of ether oxygens (including phenoxy) is 1. The third kappa shape index (κ3) is 10.0. The molecule has 0 fully saturated rings. The number of hydrogen-bond acceptors (Lipinski definition) is 3. The molecule has 0 aromatic heterocycles. The highest BCUT2D eigenvalue weighted by Crippen LogP contribution is 2.07. The summed E-state index contributed by atoms with van der Waals surface area (Å²) in [5.74, 6) is 0.832. The maximum atomic E-state index is 6.16. The molecular weight excluding hydrogens is 296 g/mol. The highest BCUT2D eigenvalue weighted by Gasteiger charge is 2.08. The van der Waals surface area contributed by atoms with E-state index in [4.69, 9.17) is 10.5 Å². The van der Waals surface area contributed by atoms with Crippen molar-refractivity contribution in [2.75, 3.05) is 20.2 Å². The smallest absolute Gasteiger partial charge is 0.115 e.